The molecule has 1 aliphatic rings. The van der Waals surface area contributed by atoms with Crippen molar-refractivity contribution in [3.63, 3.8) is 0 Å². The monoisotopic (exact) mass is 337 g/mol. The van der Waals surface area contributed by atoms with E-state index >= 15 is 0 Å². The number of hydrazine groups is 1. The summed E-state index contributed by atoms with van der Waals surface area (Å²) in [6.45, 7) is 0.977. The molecule has 0 amide bonds. The van der Waals surface area contributed by atoms with Gasteiger partial charge < -0.3 is 5.32 Å². The Kier molecular flexibility index (Phi) is 4.12. The van der Waals surface area contributed by atoms with Gasteiger partial charge in [0.25, 0.3) is 0 Å². The molecule has 3 nitrogen and oxygen atoms in total. The lowest BCUT2D eigenvalue weighted by atomic mass is 10.2. The van der Waals surface area contributed by atoms with E-state index in [2.05, 4.69) is 5.32 Å². The second-order valence-electron chi connectivity index (χ2n) is 5.13. The summed E-state index contributed by atoms with van der Waals surface area (Å²) in [5.41, 5.74) is 1.06. The molecule has 1 heterocycles. The third-order valence-corrected chi connectivity index (χ3v) is 3.93. The highest BCUT2D eigenvalue weighted by atomic mass is 32.1. The number of nitrogens with one attached hydrogen (secondary N) is 1. The maximum Gasteiger partial charge on any atom is 0.416 e. The molecule has 0 aromatic heterocycles. The fraction of sp³-hybridized carbons (Fsp3) is 0.188. The largest absolute Gasteiger partial charge is 0.416 e. The van der Waals surface area contributed by atoms with Crippen LogP contribution in [0.5, 0.6) is 0 Å². The minimum atomic E-state index is -4.33. The van der Waals surface area contributed by atoms with Gasteiger partial charge in [-0.3, -0.25) is 10.0 Å². The molecule has 0 radical (unpaired) electrons. The van der Waals surface area contributed by atoms with Crippen LogP contribution in [0.1, 0.15) is 11.1 Å². The second-order valence-corrected chi connectivity index (χ2v) is 5.51. The molecule has 0 aliphatic carbocycles. The first-order chi connectivity index (χ1) is 10.9. The van der Waals surface area contributed by atoms with E-state index in [0.29, 0.717) is 24.0 Å². The zero-order valence-corrected chi connectivity index (χ0v) is 12.9. The Morgan fingerprint density at radius 2 is 1.65 bits per heavy atom. The Balaban J connectivity index is 1.82. The van der Waals surface area contributed by atoms with Crippen LogP contribution in [0.2, 0.25) is 0 Å². The lowest BCUT2D eigenvalue weighted by Crippen LogP contribution is -2.38. The molecule has 1 fully saturated rings. The van der Waals surface area contributed by atoms with E-state index in [9.17, 15) is 13.2 Å². The average molecular weight is 337 g/mol. The van der Waals surface area contributed by atoms with Crippen molar-refractivity contribution in [2.75, 3.05) is 11.7 Å². The summed E-state index contributed by atoms with van der Waals surface area (Å²) < 4.78 is 38.0. The third-order valence-electron chi connectivity index (χ3n) is 3.57. The van der Waals surface area contributed by atoms with Crippen molar-refractivity contribution in [1.29, 1.82) is 0 Å². The normalized spacial score (nSPS) is 15.0. The minimum Gasteiger partial charge on any atom is -0.342 e. The Morgan fingerprint density at radius 3 is 2.26 bits per heavy atom. The van der Waals surface area contributed by atoms with Crippen molar-refractivity contribution < 1.29 is 13.2 Å². The number of nitrogens with zero attached hydrogens (tertiary/aromatic N) is 2. The number of anilines is 1. The summed E-state index contributed by atoms with van der Waals surface area (Å²) in [6.07, 6.45) is -4.33. The molecule has 0 unspecified atom stereocenters. The minimum absolute atomic E-state index is 0.428. The van der Waals surface area contributed by atoms with E-state index in [1.54, 1.807) is 0 Å². The van der Waals surface area contributed by atoms with E-state index in [1.807, 2.05) is 40.3 Å². The van der Waals surface area contributed by atoms with E-state index < -0.39 is 11.7 Å². The maximum atomic E-state index is 12.7. The molecule has 1 N–H and O–H groups in total. The molecule has 23 heavy (non-hydrogen) atoms. The van der Waals surface area contributed by atoms with Crippen molar-refractivity contribution >= 4 is 23.0 Å². The molecule has 0 spiro atoms. The van der Waals surface area contributed by atoms with Gasteiger partial charge in [-0.05, 0) is 42.0 Å². The SMILES string of the molecule is FC(F)(F)c1ccc(N2CNC(=S)N2Cc2ccccc2)cc1. The predicted octanol–water partition coefficient (Wildman–Crippen LogP) is 3.77. The first kappa shape index (κ1) is 15.6. The zero-order chi connectivity index (χ0) is 16.4. The number of hydrogen-bond acceptors (Lipinski definition) is 2. The standard InChI is InChI=1S/C16H14F3N3S/c17-16(18,19)13-6-8-14(9-7-13)22-11-20-15(23)21(22)10-12-4-2-1-3-5-12/h1-9H,10-11H2,(H,20,23). The van der Waals surface area contributed by atoms with Crippen molar-refractivity contribution in [2.45, 2.75) is 12.7 Å². The highest BCUT2D eigenvalue weighted by Crippen LogP contribution is 2.31. The first-order valence-corrected chi connectivity index (χ1v) is 7.40. The van der Waals surface area contributed by atoms with Gasteiger partial charge in [0.1, 0.15) is 6.67 Å². The molecule has 1 aliphatic heterocycles. The van der Waals surface area contributed by atoms with Crippen LogP contribution in [0, 0.1) is 0 Å². The van der Waals surface area contributed by atoms with Crippen LogP contribution in [0.3, 0.4) is 0 Å². The zero-order valence-electron chi connectivity index (χ0n) is 12.0. The molecule has 1 saturated heterocycles. The van der Waals surface area contributed by atoms with Gasteiger partial charge in [0.05, 0.1) is 17.8 Å². The number of benzene rings is 2. The highest BCUT2D eigenvalue weighted by molar-refractivity contribution is 7.80. The number of hydrogen-bond donors (Lipinski definition) is 1. The molecule has 7 heteroatoms. The van der Waals surface area contributed by atoms with Gasteiger partial charge in [-0.2, -0.15) is 13.2 Å². The summed E-state index contributed by atoms with van der Waals surface area (Å²) in [7, 11) is 0. The Labute approximate surface area is 137 Å². The Morgan fingerprint density at radius 1 is 1.00 bits per heavy atom. The summed E-state index contributed by atoms with van der Waals surface area (Å²) in [5.74, 6) is 0. The molecule has 120 valence electrons. The van der Waals surface area contributed by atoms with Crippen LogP contribution in [-0.2, 0) is 12.7 Å². The summed E-state index contributed by atoms with van der Waals surface area (Å²) in [5, 5.41) is 7.26. The molecule has 2 aromatic rings. The van der Waals surface area contributed by atoms with Crippen LogP contribution in [0.15, 0.2) is 54.6 Å². The van der Waals surface area contributed by atoms with Gasteiger partial charge in [-0.25, -0.2) is 0 Å². The van der Waals surface area contributed by atoms with Crippen molar-refractivity contribution in [3.8, 4) is 0 Å². The second kappa shape index (κ2) is 6.08. The summed E-state index contributed by atoms with van der Waals surface area (Å²) in [6, 6.07) is 14.8. The average Bonchev–Trinajstić information content (AvgIpc) is 2.89. The lowest BCUT2D eigenvalue weighted by Gasteiger charge is -2.29. The van der Waals surface area contributed by atoms with Crippen molar-refractivity contribution in [1.82, 2.24) is 10.3 Å². The van der Waals surface area contributed by atoms with Crippen LogP contribution in [-0.4, -0.2) is 16.8 Å². The van der Waals surface area contributed by atoms with E-state index in [4.69, 9.17) is 12.2 Å². The number of rotatable bonds is 3. The molecule has 0 atom stereocenters. The third kappa shape index (κ3) is 3.39. The molecule has 0 saturated carbocycles. The predicted molar refractivity (Wildman–Crippen MR) is 86.5 cm³/mol. The smallest absolute Gasteiger partial charge is 0.342 e. The number of alkyl halides is 3. The molecule has 2 aromatic carbocycles. The molecular formula is C16H14F3N3S. The van der Waals surface area contributed by atoms with Crippen LogP contribution >= 0.6 is 12.2 Å². The van der Waals surface area contributed by atoms with Crippen LogP contribution < -0.4 is 10.3 Å². The molecule has 0 bridgehead atoms. The Bertz CT molecular complexity index is 686. The first-order valence-electron chi connectivity index (χ1n) is 6.99. The van der Waals surface area contributed by atoms with Gasteiger partial charge in [0, 0.05) is 0 Å². The highest BCUT2D eigenvalue weighted by Gasteiger charge is 2.31. The fourth-order valence-corrected chi connectivity index (χ4v) is 2.62. The maximum absolute atomic E-state index is 12.7. The molecule has 3 rings (SSSR count). The van der Waals surface area contributed by atoms with Gasteiger partial charge >= 0.3 is 6.18 Å². The van der Waals surface area contributed by atoms with Gasteiger partial charge in [-0.1, -0.05) is 30.3 Å². The topological polar surface area (TPSA) is 18.5 Å². The van der Waals surface area contributed by atoms with Crippen molar-refractivity contribution in [3.05, 3.63) is 65.7 Å². The van der Waals surface area contributed by atoms with E-state index in [0.717, 1.165) is 17.7 Å². The van der Waals surface area contributed by atoms with Gasteiger partial charge in [0.2, 0.25) is 0 Å². The Hall–Kier alpha value is -2.28. The lowest BCUT2D eigenvalue weighted by molar-refractivity contribution is -0.137. The number of halogens is 3. The van der Waals surface area contributed by atoms with E-state index in [-0.39, 0.29) is 0 Å². The summed E-state index contributed by atoms with van der Waals surface area (Å²) >= 11 is 5.29. The van der Waals surface area contributed by atoms with E-state index in [1.165, 1.54) is 12.1 Å². The summed E-state index contributed by atoms with van der Waals surface area (Å²) in [4.78, 5) is 0. The quantitative estimate of drug-likeness (QED) is 0.859. The van der Waals surface area contributed by atoms with Crippen LogP contribution in [0.4, 0.5) is 18.9 Å². The van der Waals surface area contributed by atoms with Gasteiger partial charge in [0.15, 0.2) is 5.11 Å². The van der Waals surface area contributed by atoms with Gasteiger partial charge in [-0.15, -0.1) is 0 Å². The number of thiocarbonyl (C=S) groups is 1. The van der Waals surface area contributed by atoms with Crippen molar-refractivity contribution in [2.24, 2.45) is 0 Å². The fourth-order valence-electron chi connectivity index (χ4n) is 2.40. The van der Waals surface area contributed by atoms with Crippen LogP contribution in [0.25, 0.3) is 0 Å². The molecular weight excluding hydrogens is 323 g/mol.